The fourth-order valence-corrected chi connectivity index (χ4v) is 6.98. The number of aryl methyl sites for hydroxylation is 6. The maximum Gasteiger partial charge on any atom is 0.141 e. The van der Waals surface area contributed by atoms with Crippen molar-refractivity contribution in [2.24, 2.45) is 0 Å². The van der Waals surface area contributed by atoms with Gasteiger partial charge in [0.25, 0.3) is 0 Å². The maximum atomic E-state index is 13.7. The molecule has 4 heteroatoms. The summed E-state index contributed by atoms with van der Waals surface area (Å²) < 4.78 is 13.7. The van der Waals surface area contributed by atoms with Crippen molar-refractivity contribution in [3.05, 3.63) is 57.6 Å². The van der Waals surface area contributed by atoms with Crippen molar-refractivity contribution in [1.82, 2.24) is 0 Å². The molecule has 2 aromatic carbocycles. The first-order valence-corrected chi connectivity index (χ1v) is 10.1. The summed E-state index contributed by atoms with van der Waals surface area (Å²) in [6.45, 7) is 18.4. The van der Waals surface area contributed by atoms with Gasteiger partial charge in [-0.2, -0.15) is 0 Å². The van der Waals surface area contributed by atoms with Crippen molar-refractivity contribution < 1.29 is 14.2 Å². The van der Waals surface area contributed by atoms with E-state index in [-0.39, 0.29) is 0 Å². The van der Waals surface area contributed by atoms with Crippen LogP contribution in [0.2, 0.25) is 0 Å². The Bertz CT molecular complexity index is 684. The highest BCUT2D eigenvalue weighted by molar-refractivity contribution is 7.78. The third-order valence-electron chi connectivity index (χ3n) is 4.12. The Balaban J connectivity index is 0.00000134. The lowest BCUT2D eigenvalue weighted by Gasteiger charge is -2.23. The lowest BCUT2D eigenvalue weighted by Crippen LogP contribution is -2.24. The molecule has 0 heterocycles. The average molecular weight is 360 g/mol. The lowest BCUT2D eigenvalue weighted by molar-refractivity contribution is -0.0987. The van der Waals surface area contributed by atoms with E-state index >= 15 is 0 Å². The standard InChI is InChI=1S/C19H25OP.2CH2O/c1-12-8-14(3)18(15(4)9-12)21(7,20)19-16(5)10-13(2)11-17(19)6;2*1-2/h8-11H,1-7H3;2*1H2. The van der Waals surface area contributed by atoms with Gasteiger partial charge in [-0.25, -0.2) is 0 Å². The van der Waals surface area contributed by atoms with Crippen molar-refractivity contribution in [2.45, 2.75) is 41.5 Å². The summed E-state index contributed by atoms with van der Waals surface area (Å²) in [5.41, 5.74) is 7.00. The second-order valence-electron chi connectivity index (χ2n) is 6.42. The number of carbonyl (C=O) groups is 2. The third-order valence-corrected chi connectivity index (χ3v) is 7.24. The number of benzene rings is 2. The van der Waals surface area contributed by atoms with Crippen molar-refractivity contribution in [2.75, 3.05) is 6.66 Å². The molecule has 0 bridgehead atoms. The maximum absolute atomic E-state index is 13.7. The van der Waals surface area contributed by atoms with Crippen LogP contribution in [0.3, 0.4) is 0 Å². The Morgan fingerprint density at radius 3 is 1.00 bits per heavy atom. The zero-order valence-corrected chi connectivity index (χ0v) is 17.3. The molecule has 0 spiro atoms. The summed E-state index contributed by atoms with van der Waals surface area (Å²) >= 11 is 0. The molecule has 0 saturated heterocycles. The topological polar surface area (TPSA) is 51.2 Å². The van der Waals surface area contributed by atoms with Gasteiger partial charge in [0, 0.05) is 10.6 Å². The van der Waals surface area contributed by atoms with Crippen molar-refractivity contribution in [3.8, 4) is 0 Å². The van der Waals surface area contributed by atoms with Crippen LogP contribution < -0.4 is 10.6 Å². The molecule has 0 unspecified atom stereocenters. The number of carbonyl (C=O) groups excluding carboxylic acids is 2. The van der Waals surface area contributed by atoms with Gasteiger partial charge < -0.3 is 14.2 Å². The molecule has 0 radical (unpaired) electrons. The van der Waals surface area contributed by atoms with E-state index in [0.29, 0.717) is 0 Å². The summed E-state index contributed by atoms with van der Waals surface area (Å²) in [7, 11) is -2.59. The van der Waals surface area contributed by atoms with Crippen LogP contribution in [0.15, 0.2) is 24.3 Å². The third kappa shape index (κ3) is 4.99. The summed E-state index contributed by atoms with van der Waals surface area (Å²) in [4.78, 5) is 16.0. The molecule has 0 N–H and O–H groups in total. The highest BCUT2D eigenvalue weighted by Crippen LogP contribution is 2.43. The number of hydrogen-bond donors (Lipinski definition) is 0. The molecule has 2 aromatic rings. The van der Waals surface area contributed by atoms with Crippen molar-refractivity contribution in [1.29, 1.82) is 0 Å². The predicted molar refractivity (Wildman–Crippen MR) is 108 cm³/mol. The molecule has 136 valence electrons. The zero-order valence-electron chi connectivity index (χ0n) is 16.4. The molecule has 0 aliphatic carbocycles. The van der Waals surface area contributed by atoms with Crippen LogP contribution in [0, 0.1) is 41.5 Å². The Kier molecular flexibility index (Phi) is 8.73. The molecule has 2 rings (SSSR count). The second-order valence-corrected chi connectivity index (χ2v) is 9.16. The average Bonchev–Trinajstić information content (AvgIpc) is 2.48. The molecule has 0 aliphatic rings. The van der Waals surface area contributed by atoms with Gasteiger partial charge in [0.2, 0.25) is 0 Å². The van der Waals surface area contributed by atoms with E-state index in [0.717, 1.165) is 32.9 Å². The highest BCUT2D eigenvalue weighted by Gasteiger charge is 2.28. The summed E-state index contributed by atoms with van der Waals surface area (Å²) in [6.07, 6.45) is 0. The van der Waals surface area contributed by atoms with Gasteiger partial charge in [0.15, 0.2) is 0 Å². The largest absolute Gasteiger partial charge is 0.314 e. The Morgan fingerprint density at radius 2 is 0.800 bits per heavy atom. The molecule has 0 amide bonds. The SMILES string of the molecule is C=O.C=O.Cc1cc(C)c(P(C)(=O)c2c(C)cc(C)cc2C)c(C)c1. The second kappa shape index (κ2) is 9.48. The van der Waals surface area contributed by atoms with Gasteiger partial charge >= 0.3 is 0 Å². The van der Waals surface area contributed by atoms with E-state index in [9.17, 15) is 4.57 Å². The van der Waals surface area contributed by atoms with E-state index in [1.807, 2.05) is 20.2 Å². The normalized spacial score (nSPS) is 10.2. The molecule has 3 nitrogen and oxygen atoms in total. The molecule has 0 aliphatic heterocycles. The van der Waals surface area contributed by atoms with E-state index in [1.165, 1.54) is 11.1 Å². The van der Waals surface area contributed by atoms with E-state index in [1.54, 1.807) is 0 Å². The van der Waals surface area contributed by atoms with Crippen LogP contribution in [-0.2, 0) is 14.2 Å². The summed E-state index contributed by atoms with van der Waals surface area (Å²) in [5, 5.41) is 2.06. The fraction of sp³-hybridized carbons (Fsp3) is 0.333. The molecular weight excluding hydrogens is 331 g/mol. The van der Waals surface area contributed by atoms with Crippen LogP contribution in [0.25, 0.3) is 0 Å². The molecule has 25 heavy (non-hydrogen) atoms. The minimum atomic E-state index is -2.59. The smallest absolute Gasteiger partial charge is 0.141 e. The number of rotatable bonds is 2. The van der Waals surface area contributed by atoms with Crippen molar-refractivity contribution in [3.63, 3.8) is 0 Å². The van der Waals surface area contributed by atoms with Crippen LogP contribution in [-0.4, -0.2) is 20.2 Å². The van der Waals surface area contributed by atoms with Gasteiger partial charge in [-0.15, -0.1) is 0 Å². The Labute approximate surface area is 151 Å². The minimum absolute atomic E-state index is 1.03. The predicted octanol–water partition coefficient (Wildman–Crippen LogP) is 4.11. The van der Waals surface area contributed by atoms with Gasteiger partial charge in [0.05, 0.1) is 0 Å². The van der Waals surface area contributed by atoms with Gasteiger partial charge in [-0.3, -0.25) is 0 Å². The highest BCUT2D eigenvalue weighted by atomic mass is 31.2. The van der Waals surface area contributed by atoms with E-state index in [4.69, 9.17) is 9.59 Å². The van der Waals surface area contributed by atoms with Crippen LogP contribution >= 0.6 is 7.14 Å². The van der Waals surface area contributed by atoms with Gasteiger partial charge in [-0.1, -0.05) is 35.4 Å². The van der Waals surface area contributed by atoms with Crippen LogP contribution in [0.1, 0.15) is 33.4 Å². The van der Waals surface area contributed by atoms with E-state index < -0.39 is 7.14 Å². The number of hydrogen-bond acceptors (Lipinski definition) is 3. The van der Waals surface area contributed by atoms with Crippen LogP contribution in [0.4, 0.5) is 0 Å². The fourth-order valence-electron chi connectivity index (χ4n) is 3.80. The first kappa shape index (κ1) is 23.0. The first-order chi connectivity index (χ1) is 11.6. The van der Waals surface area contributed by atoms with Crippen molar-refractivity contribution >= 4 is 31.3 Å². The lowest BCUT2D eigenvalue weighted by atomic mass is 10.1. The summed E-state index contributed by atoms with van der Waals surface area (Å²) in [6, 6.07) is 8.54. The van der Waals surface area contributed by atoms with Gasteiger partial charge in [-0.05, 0) is 70.5 Å². The Hall–Kier alpha value is -1.99. The van der Waals surface area contributed by atoms with E-state index in [2.05, 4.69) is 65.8 Å². The summed E-state index contributed by atoms with van der Waals surface area (Å²) in [5.74, 6) is 0. The molecule has 0 saturated carbocycles. The zero-order chi connectivity index (χ0) is 19.9. The first-order valence-electron chi connectivity index (χ1n) is 7.96. The molecule has 0 fully saturated rings. The molecule has 0 atom stereocenters. The Morgan fingerprint density at radius 1 is 0.600 bits per heavy atom. The monoisotopic (exact) mass is 360 g/mol. The van der Waals surface area contributed by atoms with Crippen LogP contribution in [0.5, 0.6) is 0 Å². The molecule has 0 aromatic heterocycles. The minimum Gasteiger partial charge on any atom is -0.314 e. The quantitative estimate of drug-likeness (QED) is 0.757. The van der Waals surface area contributed by atoms with Gasteiger partial charge in [0.1, 0.15) is 20.7 Å². The molecular formula is C21H29O3P.